The van der Waals surface area contributed by atoms with E-state index in [1.165, 1.54) is 0 Å². The Kier molecular flexibility index (Phi) is 4.64. The van der Waals surface area contributed by atoms with E-state index in [0.717, 1.165) is 18.9 Å². The fourth-order valence-corrected chi connectivity index (χ4v) is 1.60. The molecule has 2 rings (SSSR count). The topological polar surface area (TPSA) is 59.1 Å². The maximum Gasteiger partial charge on any atom is 0.433 e. The van der Waals surface area contributed by atoms with Crippen molar-refractivity contribution in [3.8, 4) is 0 Å². The molecule has 1 saturated carbocycles. The van der Waals surface area contributed by atoms with Gasteiger partial charge in [-0.15, -0.1) is 0 Å². The summed E-state index contributed by atoms with van der Waals surface area (Å²) >= 11 is 0. The number of nitrogens with one attached hydrogen (secondary N) is 2. The molecule has 0 spiro atoms. The molecule has 0 aromatic carbocycles. The van der Waals surface area contributed by atoms with Gasteiger partial charge in [-0.05, 0) is 19.3 Å². The van der Waals surface area contributed by atoms with Crippen LogP contribution in [0, 0.1) is 0 Å². The average Bonchev–Trinajstić information content (AvgIpc) is 3.17. The van der Waals surface area contributed by atoms with Crippen LogP contribution in [-0.4, -0.2) is 36.3 Å². The van der Waals surface area contributed by atoms with Crippen molar-refractivity contribution in [1.82, 2.24) is 9.97 Å². The standard InChI is InChI=1S/C12H17F3N4O/c1-20-6-2-5-16-11-18-9(12(13,14)15)7-10(19-11)17-8-3-4-8/h7-8H,2-6H2,1H3,(H2,16,17,18,19). The molecule has 1 aromatic rings. The number of hydrogen-bond donors (Lipinski definition) is 2. The van der Waals surface area contributed by atoms with Gasteiger partial charge in [-0.1, -0.05) is 0 Å². The Morgan fingerprint density at radius 2 is 2.10 bits per heavy atom. The van der Waals surface area contributed by atoms with Gasteiger partial charge in [0.1, 0.15) is 5.82 Å². The monoisotopic (exact) mass is 290 g/mol. The molecule has 1 aliphatic carbocycles. The fraction of sp³-hybridized carbons (Fsp3) is 0.667. The van der Waals surface area contributed by atoms with Crippen molar-refractivity contribution in [2.75, 3.05) is 30.9 Å². The summed E-state index contributed by atoms with van der Waals surface area (Å²) in [6, 6.07) is 1.17. The van der Waals surface area contributed by atoms with Crippen LogP contribution < -0.4 is 10.6 Å². The van der Waals surface area contributed by atoms with Gasteiger partial charge in [0, 0.05) is 32.4 Å². The van der Waals surface area contributed by atoms with Crippen LogP contribution in [0.3, 0.4) is 0 Å². The van der Waals surface area contributed by atoms with Gasteiger partial charge in [0.2, 0.25) is 5.95 Å². The predicted molar refractivity (Wildman–Crippen MR) is 68.7 cm³/mol. The first-order valence-corrected chi connectivity index (χ1v) is 6.44. The van der Waals surface area contributed by atoms with E-state index >= 15 is 0 Å². The van der Waals surface area contributed by atoms with Crippen LogP contribution in [0.4, 0.5) is 24.9 Å². The average molecular weight is 290 g/mol. The molecule has 1 aliphatic rings. The first kappa shape index (κ1) is 14.8. The minimum Gasteiger partial charge on any atom is -0.385 e. The molecule has 5 nitrogen and oxygen atoms in total. The van der Waals surface area contributed by atoms with Gasteiger partial charge in [0.05, 0.1) is 0 Å². The summed E-state index contributed by atoms with van der Waals surface area (Å²) in [5.41, 5.74) is -0.940. The lowest BCUT2D eigenvalue weighted by Crippen LogP contribution is -2.15. The third-order valence-corrected chi connectivity index (χ3v) is 2.75. The van der Waals surface area contributed by atoms with Crippen molar-refractivity contribution in [2.45, 2.75) is 31.5 Å². The summed E-state index contributed by atoms with van der Waals surface area (Å²) in [6.45, 7) is 0.983. The predicted octanol–water partition coefficient (Wildman–Crippen LogP) is 2.52. The number of aromatic nitrogens is 2. The van der Waals surface area contributed by atoms with E-state index < -0.39 is 11.9 Å². The molecule has 2 N–H and O–H groups in total. The second kappa shape index (κ2) is 6.25. The molecule has 1 heterocycles. The number of nitrogens with zero attached hydrogens (tertiary/aromatic N) is 2. The molecule has 0 radical (unpaired) electrons. The van der Waals surface area contributed by atoms with Crippen molar-refractivity contribution < 1.29 is 17.9 Å². The summed E-state index contributed by atoms with van der Waals surface area (Å²) < 4.78 is 43.2. The van der Waals surface area contributed by atoms with E-state index in [4.69, 9.17) is 4.74 Å². The van der Waals surface area contributed by atoms with Gasteiger partial charge < -0.3 is 15.4 Å². The third-order valence-electron chi connectivity index (χ3n) is 2.75. The molecule has 1 aromatic heterocycles. The summed E-state index contributed by atoms with van der Waals surface area (Å²) in [5.74, 6) is 0.197. The van der Waals surface area contributed by atoms with Crippen molar-refractivity contribution in [1.29, 1.82) is 0 Å². The Morgan fingerprint density at radius 1 is 1.35 bits per heavy atom. The smallest absolute Gasteiger partial charge is 0.385 e. The fourth-order valence-electron chi connectivity index (χ4n) is 1.60. The Bertz CT molecular complexity index is 449. The van der Waals surface area contributed by atoms with Crippen molar-refractivity contribution in [2.24, 2.45) is 0 Å². The zero-order chi connectivity index (χ0) is 14.6. The molecule has 0 amide bonds. The summed E-state index contributed by atoms with van der Waals surface area (Å²) in [6.07, 6.45) is -1.89. The van der Waals surface area contributed by atoms with Crippen LogP contribution in [0.15, 0.2) is 6.07 Å². The SMILES string of the molecule is COCCCNc1nc(NC2CC2)cc(C(F)(F)F)n1. The molecule has 1 fully saturated rings. The van der Waals surface area contributed by atoms with Crippen LogP contribution in [0.1, 0.15) is 25.0 Å². The van der Waals surface area contributed by atoms with Gasteiger partial charge in [-0.25, -0.2) is 4.98 Å². The molecule has 0 saturated heterocycles. The second-order valence-electron chi connectivity index (χ2n) is 4.65. The minimum atomic E-state index is -4.48. The van der Waals surface area contributed by atoms with Gasteiger partial charge in [0.15, 0.2) is 5.69 Å². The number of rotatable bonds is 7. The first-order chi connectivity index (χ1) is 9.49. The van der Waals surface area contributed by atoms with Crippen LogP contribution in [0.2, 0.25) is 0 Å². The van der Waals surface area contributed by atoms with Gasteiger partial charge in [0.25, 0.3) is 0 Å². The summed E-state index contributed by atoms with van der Waals surface area (Å²) in [5, 5.41) is 5.74. The van der Waals surface area contributed by atoms with E-state index in [0.29, 0.717) is 19.6 Å². The largest absolute Gasteiger partial charge is 0.433 e. The lowest BCUT2D eigenvalue weighted by molar-refractivity contribution is -0.141. The molecule has 0 aliphatic heterocycles. The third kappa shape index (κ3) is 4.52. The number of hydrogen-bond acceptors (Lipinski definition) is 5. The van der Waals surface area contributed by atoms with Crippen LogP contribution in [0.5, 0.6) is 0 Å². The highest BCUT2D eigenvalue weighted by Gasteiger charge is 2.34. The summed E-state index contributed by atoms with van der Waals surface area (Å²) in [4.78, 5) is 7.55. The van der Waals surface area contributed by atoms with Crippen molar-refractivity contribution in [3.05, 3.63) is 11.8 Å². The van der Waals surface area contributed by atoms with E-state index in [1.54, 1.807) is 7.11 Å². The molecular weight excluding hydrogens is 273 g/mol. The Hall–Kier alpha value is -1.57. The molecule has 0 unspecified atom stereocenters. The van der Waals surface area contributed by atoms with E-state index in [2.05, 4.69) is 20.6 Å². The lowest BCUT2D eigenvalue weighted by atomic mass is 10.3. The van der Waals surface area contributed by atoms with Gasteiger partial charge in [-0.2, -0.15) is 18.2 Å². The van der Waals surface area contributed by atoms with Crippen LogP contribution in [0.25, 0.3) is 0 Å². The maximum atomic E-state index is 12.8. The summed E-state index contributed by atoms with van der Waals surface area (Å²) in [7, 11) is 1.57. The highest BCUT2D eigenvalue weighted by atomic mass is 19.4. The van der Waals surface area contributed by atoms with E-state index in [1.807, 2.05) is 0 Å². The normalized spacial score (nSPS) is 15.2. The zero-order valence-electron chi connectivity index (χ0n) is 11.1. The Balaban J connectivity index is 2.07. The molecule has 8 heteroatoms. The van der Waals surface area contributed by atoms with E-state index in [-0.39, 0.29) is 17.8 Å². The molecule has 20 heavy (non-hydrogen) atoms. The Morgan fingerprint density at radius 3 is 2.70 bits per heavy atom. The minimum absolute atomic E-state index is 0.0147. The van der Waals surface area contributed by atoms with E-state index in [9.17, 15) is 13.2 Å². The second-order valence-corrected chi connectivity index (χ2v) is 4.65. The quantitative estimate of drug-likeness (QED) is 0.756. The van der Waals surface area contributed by atoms with Crippen molar-refractivity contribution in [3.63, 3.8) is 0 Å². The number of methoxy groups -OCH3 is 1. The first-order valence-electron chi connectivity index (χ1n) is 6.44. The zero-order valence-corrected chi connectivity index (χ0v) is 11.1. The Labute approximate surface area is 114 Å². The maximum absolute atomic E-state index is 12.8. The number of anilines is 2. The van der Waals surface area contributed by atoms with Crippen molar-refractivity contribution >= 4 is 11.8 Å². The molecular formula is C12H17F3N4O. The van der Waals surface area contributed by atoms with Gasteiger partial charge >= 0.3 is 6.18 Å². The molecule has 0 bridgehead atoms. The number of alkyl halides is 3. The lowest BCUT2D eigenvalue weighted by Gasteiger charge is -2.12. The molecule has 0 atom stereocenters. The molecule has 112 valence electrons. The highest BCUT2D eigenvalue weighted by Crippen LogP contribution is 2.31. The van der Waals surface area contributed by atoms with Crippen LogP contribution in [-0.2, 0) is 10.9 Å². The number of halogens is 3. The van der Waals surface area contributed by atoms with Crippen LogP contribution >= 0.6 is 0 Å². The highest BCUT2D eigenvalue weighted by molar-refractivity contribution is 5.44. The van der Waals surface area contributed by atoms with Gasteiger partial charge in [-0.3, -0.25) is 0 Å². The number of ether oxygens (including phenoxy) is 1.